The first kappa shape index (κ1) is 22.7. The molecule has 0 amide bonds. The first-order valence-electron chi connectivity index (χ1n) is 9.10. The predicted molar refractivity (Wildman–Crippen MR) is 107 cm³/mol. The van der Waals surface area contributed by atoms with Crippen molar-refractivity contribution in [2.75, 3.05) is 25.7 Å². The number of halogens is 3. The predicted octanol–water partition coefficient (Wildman–Crippen LogP) is 2.78. The minimum atomic E-state index is -4.64. The molecule has 0 saturated heterocycles. The molecule has 12 heteroatoms. The van der Waals surface area contributed by atoms with E-state index < -0.39 is 39.1 Å². The van der Waals surface area contributed by atoms with Gasteiger partial charge in [-0.15, -0.1) is 0 Å². The minimum absolute atomic E-state index is 0.0968. The number of ether oxygens (including phenoxy) is 2. The van der Waals surface area contributed by atoms with Crippen molar-refractivity contribution in [3.63, 3.8) is 0 Å². The van der Waals surface area contributed by atoms with E-state index >= 15 is 0 Å². The maximum atomic E-state index is 13.0. The summed E-state index contributed by atoms with van der Waals surface area (Å²) in [6, 6.07) is 4.35. The molecule has 2 heterocycles. The summed E-state index contributed by atoms with van der Waals surface area (Å²) < 4.78 is 75.1. The standard InChI is InChI=1S/C19H20F3N3O5S/c1-4-30-16-7-11(5-6-15(16)29-2)14(10-31(3,27)28)25-17-13(24-18(25)26)8-12(9-23-17)19(20,21)22/h5-9,14H,4,10H2,1-3H3,(H,24,26)/t14-/m0/s1. The molecule has 31 heavy (non-hydrogen) atoms. The highest BCUT2D eigenvalue weighted by molar-refractivity contribution is 7.90. The van der Waals surface area contributed by atoms with Crippen LogP contribution in [0.1, 0.15) is 24.1 Å². The van der Waals surface area contributed by atoms with Crippen molar-refractivity contribution in [2.24, 2.45) is 0 Å². The van der Waals surface area contributed by atoms with Gasteiger partial charge in [0.1, 0.15) is 9.84 Å². The van der Waals surface area contributed by atoms with Crippen molar-refractivity contribution in [3.8, 4) is 11.5 Å². The Hall–Kier alpha value is -3.02. The first-order valence-corrected chi connectivity index (χ1v) is 11.2. The quantitative estimate of drug-likeness (QED) is 0.583. The van der Waals surface area contributed by atoms with Gasteiger partial charge in [0.15, 0.2) is 17.1 Å². The summed E-state index contributed by atoms with van der Waals surface area (Å²) in [5.41, 5.74) is -1.68. The molecule has 1 atom stereocenters. The molecule has 0 radical (unpaired) electrons. The Morgan fingerprint density at radius 1 is 1.23 bits per heavy atom. The second-order valence-electron chi connectivity index (χ2n) is 6.84. The van der Waals surface area contributed by atoms with E-state index in [9.17, 15) is 26.4 Å². The highest BCUT2D eigenvalue weighted by Crippen LogP contribution is 2.34. The number of imidazole rings is 1. The zero-order valence-electron chi connectivity index (χ0n) is 16.9. The van der Waals surface area contributed by atoms with Crippen molar-refractivity contribution in [1.82, 2.24) is 14.5 Å². The molecule has 1 N–H and O–H groups in total. The number of benzene rings is 1. The molecular weight excluding hydrogens is 439 g/mol. The van der Waals surface area contributed by atoms with E-state index in [1.165, 1.54) is 13.2 Å². The Balaban J connectivity index is 2.23. The Morgan fingerprint density at radius 2 is 1.94 bits per heavy atom. The lowest BCUT2D eigenvalue weighted by Gasteiger charge is -2.20. The maximum Gasteiger partial charge on any atom is 0.417 e. The van der Waals surface area contributed by atoms with E-state index in [0.717, 1.165) is 16.9 Å². The van der Waals surface area contributed by atoms with E-state index in [0.29, 0.717) is 29.9 Å². The maximum absolute atomic E-state index is 13.0. The lowest BCUT2D eigenvalue weighted by atomic mass is 10.1. The van der Waals surface area contributed by atoms with Crippen LogP contribution in [0.3, 0.4) is 0 Å². The Bertz CT molecular complexity index is 1270. The van der Waals surface area contributed by atoms with Gasteiger partial charge in [0.05, 0.1) is 36.6 Å². The van der Waals surface area contributed by atoms with Crippen LogP contribution < -0.4 is 15.2 Å². The van der Waals surface area contributed by atoms with Gasteiger partial charge in [-0.25, -0.2) is 18.2 Å². The van der Waals surface area contributed by atoms with Gasteiger partial charge in [-0.2, -0.15) is 13.2 Å². The Kier molecular flexibility index (Phi) is 6.03. The number of pyridine rings is 1. The van der Waals surface area contributed by atoms with Crippen LogP contribution >= 0.6 is 0 Å². The fourth-order valence-electron chi connectivity index (χ4n) is 3.23. The number of methoxy groups -OCH3 is 1. The third kappa shape index (κ3) is 4.84. The van der Waals surface area contributed by atoms with Crippen LogP contribution in [0.2, 0.25) is 0 Å². The molecular formula is C19H20F3N3O5S. The number of rotatable bonds is 7. The number of alkyl halides is 3. The number of aromatic nitrogens is 3. The molecule has 8 nitrogen and oxygen atoms in total. The van der Waals surface area contributed by atoms with Gasteiger partial charge in [-0.3, -0.25) is 4.57 Å². The monoisotopic (exact) mass is 459 g/mol. The number of aromatic amines is 1. The second kappa shape index (κ2) is 8.25. The van der Waals surface area contributed by atoms with Gasteiger partial charge in [-0.1, -0.05) is 6.07 Å². The zero-order chi connectivity index (χ0) is 23.0. The average molecular weight is 459 g/mol. The smallest absolute Gasteiger partial charge is 0.417 e. The van der Waals surface area contributed by atoms with E-state index in [-0.39, 0.29) is 11.2 Å². The molecule has 0 spiro atoms. The van der Waals surface area contributed by atoms with Crippen molar-refractivity contribution in [2.45, 2.75) is 19.1 Å². The lowest BCUT2D eigenvalue weighted by molar-refractivity contribution is -0.137. The summed E-state index contributed by atoms with van der Waals surface area (Å²) in [5, 5.41) is 0. The van der Waals surface area contributed by atoms with Gasteiger partial charge in [-0.05, 0) is 30.7 Å². The molecule has 168 valence electrons. The van der Waals surface area contributed by atoms with Gasteiger partial charge in [0.2, 0.25) is 0 Å². The molecule has 2 aromatic heterocycles. The van der Waals surface area contributed by atoms with Crippen molar-refractivity contribution in [3.05, 3.63) is 52.1 Å². The zero-order valence-corrected chi connectivity index (χ0v) is 17.7. The number of nitrogens with zero attached hydrogens (tertiary/aromatic N) is 2. The number of fused-ring (bicyclic) bond motifs is 1. The van der Waals surface area contributed by atoms with Crippen LogP contribution in [-0.2, 0) is 16.0 Å². The van der Waals surface area contributed by atoms with Crippen LogP contribution in [0.5, 0.6) is 11.5 Å². The van der Waals surface area contributed by atoms with Gasteiger partial charge in [0.25, 0.3) is 0 Å². The average Bonchev–Trinajstić information content (AvgIpc) is 2.99. The van der Waals surface area contributed by atoms with E-state index in [4.69, 9.17) is 9.47 Å². The molecule has 1 aromatic carbocycles. The molecule has 0 bridgehead atoms. The van der Waals surface area contributed by atoms with Crippen LogP contribution in [0, 0.1) is 0 Å². The molecule has 0 unspecified atom stereocenters. The highest BCUT2D eigenvalue weighted by Gasteiger charge is 2.32. The number of nitrogens with one attached hydrogen (secondary N) is 1. The molecule has 0 aliphatic carbocycles. The summed E-state index contributed by atoms with van der Waals surface area (Å²) in [6.07, 6.45) is -3.04. The number of sulfone groups is 1. The van der Waals surface area contributed by atoms with Crippen molar-refractivity contribution >= 4 is 21.0 Å². The number of hydrogen-bond acceptors (Lipinski definition) is 6. The second-order valence-corrected chi connectivity index (χ2v) is 9.03. The van der Waals surface area contributed by atoms with Crippen molar-refractivity contribution in [1.29, 1.82) is 0 Å². The number of H-pyrrole nitrogens is 1. The van der Waals surface area contributed by atoms with Crippen LogP contribution in [0.25, 0.3) is 11.2 Å². The summed E-state index contributed by atoms with van der Waals surface area (Å²) in [7, 11) is -2.17. The van der Waals surface area contributed by atoms with Gasteiger partial charge >= 0.3 is 11.9 Å². The molecule has 0 fully saturated rings. The Morgan fingerprint density at radius 3 is 2.52 bits per heavy atom. The molecule has 0 aliphatic heterocycles. The fraction of sp³-hybridized carbons (Fsp3) is 0.368. The fourth-order valence-corrected chi connectivity index (χ4v) is 4.15. The first-order chi connectivity index (χ1) is 14.4. The largest absolute Gasteiger partial charge is 0.493 e. The SMILES string of the molecule is CCOc1cc([C@H](CS(C)(=O)=O)n2c(=O)[nH]c3cc(C(F)(F)F)cnc32)ccc1OC. The molecule has 3 rings (SSSR count). The minimum Gasteiger partial charge on any atom is -0.493 e. The van der Waals surface area contributed by atoms with Crippen molar-refractivity contribution < 1.29 is 31.1 Å². The van der Waals surface area contributed by atoms with Crippen LogP contribution in [0.15, 0.2) is 35.3 Å². The third-order valence-electron chi connectivity index (χ3n) is 4.53. The molecule has 0 aliphatic rings. The molecule has 3 aromatic rings. The summed E-state index contributed by atoms with van der Waals surface area (Å²) in [5.74, 6) is 0.254. The summed E-state index contributed by atoms with van der Waals surface area (Å²) in [6.45, 7) is 2.07. The lowest BCUT2D eigenvalue weighted by Crippen LogP contribution is -2.28. The number of hydrogen-bond donors (Lipinski definition) is 1. The summed E-state index contributed by atoms with van der Waals surface area (Å²) in [4.78, 5) is 18.8. The normalized spacial score (nSPS) is 13.4. The topological polar surface area (TPSA) is 103 Å². The Labute approximate surface area is 175 Å². The van der Waals surface area contributed by atoms with Crippen LogP contribution in [0.4, 0.5) is 13.2 Å². The molecule has 0 saturated carbocycles. The van der Waals surface area contributed by atoms with E-state index in [1.807, 2.05) is 0 Å². The van der Waals surface area contributed by atoms with Gasteiger partial charge in [0, 0.05) is 12.5 Å². The third-order valence-corrected chi connectivity index (χ3v) is 5.45. The van der Waals surface area contributed by atoms with E-state index in [1.54, 1.807) is 19.1 Å². The highest BCUT2D eigenvalue weighted by atomic mass is 32.2. The summed E-state index contributed by atoms with van der Waals surface area (Å²) >= 11 is 0. The van der Waals surface area contributed by atoms with Crippen LogP contribution in [-0.4, -0.2) is 48.7 Å². The van der Waals surface area contributed by atoms with E-state index in [2.05, 4.69) is 9.97 Å². The van der Waals surface area contributed by atoms with Gasteiger partial charge < -0.3 is 14.5 Å².